The Hall–Kier alpha value is -1.62. The topological polar surface area (TPSA) is 95.6 Å². The van der Waals surface area contributed by atoms with E-state index in [4.69, 9.17) is 9.79 Å². The number of benzene rings is 1. The third kappa shape index (κ3) is 3.20. The van der Waals surface area contributed by atoms with Crippen molar-refractivity contribution < 1.29 is 19.5 Å². The first kappa shape index (κ1) is 12.8. The van der Waals surface area contributed by atoms with Gasteiger partial charge in [-0.25, -0.2) is 4.68 Å². The fourth-order valence-electron chi connectivity index (χ4n) is 1.64. The number of aromatic hydroxyl groups is 1. The maximum Gasteiger partial charge on any atom is 0.325 e. The third-order valence-electron chi connectivity index (χ3n) is 2.43. The maximum absolute atomic E-state index is 10.9. The van der Waals surface area contributed by atoms with Crippen molar-refractivity contribution in [2.45, 2.75) is 6.42 Å². The number of aryl methyl sites for hydroxylation is 1. The van der Waals surface area contributed by atoms with Crippen LogP contribution in [0.5, 0.6) is 5.88 Å². The number of aromatic nitrogens is 2. The minimum absolute atomic E-state index is 0.146. The van der Waals surface area contributed by atoms with Crippen molar-refractivity contribution in [2.75, 3.05) is 6.16 Å². The van der Waals surface area contributed by atoms with Crippen LogP contribution in [-0.2, 0) is 11.0 Å². The number of rotatable bonds is 4. The molecule has 0 atom stereocenters. The first-order valence-electron chi connectivity index (χ1n) is 5.33. The summed E-state index contributed by atoms with van der Waals surface area (Å²) in [6, 6.07) is 10.5. The van der Waals surface area contributed by atoms with Gasteiger partial charge in [-0.05, 0) is 12.1 Å². The highest BCUT2D eigenvalue weighted by Gasteiger charge is 2.16. The predicted molar refractivity (Wildman–Crippen MR) is 65.8 cm³/mol. The third-order valence-corrected chi connectivity index (χ3v) is 3.24. The van der Waals surface area contributed by atoms with E-state index in [1.54, 1.807) is 12.1 Å². The van der Waals surface area contributed by atoms with E-state index in [1.807, 2.05) is 18.2 Å². The second kappa shape index (κ2) is 4.94. The summed E-state index contributed by atoms with van der Waals surface area (Å²) >= 11 is 0. The molecule has 0 saturated heterocycles. The summed E-state index contributed by atoms with van der Waals surface area (Å²) in [5.41, 5.74) is 1.29. The van der Waals surface area contributed by atoms with Crippen molar-refractivity contribution in [1.29, 1.82) is 0 Å². The summed E-state index contributed by atoms with van der Waals surface area (Å²) in [7, 11) is -4.06. The molecule has 0 amide bonds. The molecule has 0 fully saturated rings. The maximum atomic E-state index is 10.9. The first-order chi connectivity index (χ1) is 8.46. The zero-order valence-corrected chi connectivity index (χ0v) is 10.4. The summed E-state index contributed by atoms with van der Waals surface area (Å²) in [6.07, 6.45) is -0.127. The van der Waals surface area contributed by atoms with Gasteiger partial charge in [0.15, 0.2) is 0 Å². The zero-order chi connectivity index (χ0) is 13.2. The number of hydrogen-bond donors (Lipinski definition) is 3. The Bertz CT molecular complexity index is 576. The molecule has 7 heteroatoms. The smallest absolute Gasteiger partial charge is 0.325 e. The zero-order valence-electron chi connectivity index (χ0n) is 9.47. The molecule has 1 aromatic heterocycles. The highest BCUT2D eigenvalue weighted by molar-refractivity contribution is 7.51. The summed E-state index contributed by atoms with van der Waals surface area (Å²) < 4.78 is 12.3. The Morgan fingerprint density at radius 2 is 1.89 bits per heavy atom. The van der Waals surface area contributed by atoms with E-state index in [0.29, 0.717) is 5.69 Å². The highest BCUT2D eigenvalue weighted by atomic mass is 31.2. The summed E-state index contributed by atoms with van der Waals surface area (Å²) in [5, 5.41) is 13.3. The van der Waals surface area contributed by atoms with Gasteiger partial charge in [-0.2, -0.15) is 0 Å². The van der Waals surface area contributed by atoms with Crippen LogP contribution < -0.4 is 0 Å². The molecule has 0 aliphatic heterocycles. The van der Waals surface area contributed by atoms with Crippen molar-refractivity contribution in [2.24, 2.45) is 0 Å². The Labute approximate surface area is 104 Å². The largest absolute Gasteiger partial charge is 0.492 e. The fraction of sp³-hybridized carbons (Fsp3) is 0.182. The SMILES string of the molecule is O=P(O)(O)CCc1cc(O)nn1-c1ccccc1. The van der Waals surface area contributed by atoms with Gasteiger partial charge in [0.1, 0.15) is 0 Å². The molecular formula is C11H13N2O4P. The molecule has 0 bridgehead atoms. The molecular weight excluding hydrogens is 255 g/mol. The van der Waals surface area contributed by atoms with E-state index in [0.717, 1.165) is 5.69 Å². The van der Waals surface area contributed by atoms with Gasteiger partial charge in [0, 0.05) is 18.2 Å². The number of para-hydroxylation sites is 1. The molecule has 2 aromatic rings. The van der Waals surface area contributed by atoms with Crippen molar-refractivity contribution in [3.05, 3.63) is 42.1 Å². The molecule has 0 saturated carbocycles. The van der Waals surface area contributed by atoms with Crippen LogP contribution in [-0.4, -0.2) is 30.8 Å². The highest BCUT2D eigenvalue weighted by Crippen LogP contribution is 2.35. The van der Waals surface area contributed by atoms with Gasteiger partial charge in [0.2, 0.25) is 5.88 Å². The summed E-state index contributed by atoms with van der Waals surface area (Å²) in [6.45, 7) is 0. The van der Waals surface area contributed by atoms with Crippen LogP contribution in [0.15, 0.2) is 36.4 Å². The van der Waals surface area contributed by atoms with Crippen molar-refractivity contribution in [3.63, 3.8) is 0 Å². The van der Waals surface area contributed by atoms with E-state index < -0.39 is 7.60 Å². The molecule has 0 aliphatic rings. The fourth-order valence-corrected chi connectivity index (χ4v) is 2.16. The van der Waals surface area contributed by atoms with Gasteiger partial charge in [-0.15, -0.1) is 5.10 Å². The van der Waals surface area contributed by atoms with Crippen molar-refractivity contribution >= 4 is 7.60 Å². The lowest BCUT2D eigenvalue weighted by molar-refractivity contribution is 0.372. The summed E-state index contributed by atoms with van der Waals surface area (Å²) in [4.78, 5) is 17.7. The Morgan fingerprint density at radius 1 is 1.22 bits per heavy atom. The molecule has 6 nitrogen and oxygen atoms in total. The Kier molecular flexibility index (Phi) is 3.52. The lowest BCUT2D eigenvalue weighted by Gasteiger charge is -2.07. The van der Waals surface area contributed by atoms with Crippen LogP contribution in [0.4, 0.5) is 0 Å². The van der Waals surface area contributed by atoms with Crippen LogP contribution in [0.2, 0.25) is 0 Å². The molecule has 0 radical (unpaired) electrons. The molecule has 3 N–H and O–H groups in total. The molecule has 0 spiro atoms. The summed E-state index contributed by atoms with van der Waals surface area (Å²) in [5.74, 6) is -0.167. The van der Waals surface area contributed by atoms with E-state index in [2.05, 4.69) is 5.10 Å². The van der Waals surface area contributed by atoms with E-state index in [1.165, 1.54) is 10.7 Å². The second-order valence-corrected chi connectivity index (χ2v) is 5.66. The average Bonchev–Trinajstić information content (AvgIpc) is 2.68. The average molecular weight is 268 g/mol. The van der Waals surface area contributed by atoms with Gasteiger partial charge in [0.05, 0.1) is 11.8 Å². The van der Waals surface area contributed by atoms with E-state index >= 15 is 0 Å². The Balaban J connectivity index is 2.29. The first-order valence-corrected chi connectivity index (χ1v) is 7.13. The minimum Gasteiger partial charge on any atom is -0.492 e. The number of nitrogens with zero attached hydrogens (tertiary/aromatic N) is 2. The molecule has 18 heavy (non-hydrogen) atoms. The minimum atomic E-state index is -4.06. The predicted octanol–water partition coefficient (Wildman–Crippen LogP) is 1.30. The van der Waals surface area contributed by atoms with Crippen molar-refractivity contribution in [1.82, 2.24) is 9.78 Å². The van der Waals surface area contributed by atoms with Gasteiger partial charge in [0.25, 0.3) is 0 Å². The lowest BCUT2D eigenvalue weighted by Crippen LogP contribution is -2.04. The van der Waals surface area contributed by atoms with Gasteiger partial charge < -0.3 is 14.9 Å². The van der Waals surface area contributed by atoms with Crippen LogP contribution in [0.25, 0.3) is 5.69 Å². The molecule has 96 valence electrons. The van der Waals surface area contributed by atoms with Crippen LogP contribution in [0.1, 0.15) is 5.69 Å². The van der Waals surface area contributed by atoms with E-state index in [9.17, 15) is 9.67 Å². The van der Waals surface area contributed by atoms with Gasteiger partial charge in [-0.1, -0.05) is 18.2 Å². The Morgan fingerprint density at radius 3 is 2.50 bits per heavy atom. The van der Waals surface area contributed by atoms with Crippen LogP contribution in [0, 0.1) is 0 Å². The standard InChI is InChI=1S/C11H13N2O4P/c14-11-8-10(6-7-18(15,16)17)13(12-11)9-4-2-1-3-5-9/h1-5,8H,6-7H2,(H,12,14)(H2,15,16,17). The molecule has 0 unspecified atom stereocenters. The molecule has 0 aliphatic carbocycles. The lowest BCUT2D eigenvalue weighted by atomic mass is 10.3. The molecule has 2 rings (SSSR count). The van der Waals surface area contributed by atoms with Crippen LogP contribution in [0.3, 0.4) is 0 Å². The van der Waals surface area contributed by atoms with Gasteiger partial charge in [-0.3, -0.25) is 4.57 Å². The van der Waals surface area contributed by atoms with E-state index in [-0.39, 0.29) is 18.5 Å². The normalized spacial score (nSPS) is 11.7. The second-order valence-electron chi connectivity index (χ2n) is 3.88. The van der Waals surface area contributed by atoms with Gasteiger partial charge >= 0.3 is 7.60 Å². The quantitative estimate of drug-likeness (QED) is 0.726. The molecule has 1 heterocycles. The monoisotopic (exact) mass is 268 g/mol. The van der Waals surface area contributed by atoms with Crippen LogP contribution >= 0.6 is 7.60 Å². The van der Waals surface area contributed by atoms with Crippen molar-refractivity contribution in [3.8, 4) is 11.6 Å². The number of hydrogen-bond acceptors (Lipinski definition) is 3. The molecule has 1 aromatic carbocycles.